The summed E-state index contributed by atoms with van der Waals surface area (Å²) in [6.45, 7) is 8.97. The second kappa shape index (κ2) is 6.60. The first-order valence-corrected chi connectivity index (χ1v) is 6.71. The predicted molar refractivity (Wildman–Crippen MR) is 76.6 cm³/mol. The zero-order chi connectivity index (χ0) is 14.5. The Labute approximate surface area is 115 Å². The fraction of sp³-hybridized carbons (Fsp3) is 0.562. The van der Waals surface area contributed by atoms with Crippen molar-refractivity contribution < 1.29 is 14.3 Å². The first kappa shape index (κ1) is 15.5. The van der Waals surface area contributed by atoms with Gasteiger partial charge in [0.25, 0.3) is 0 Å². The number of benzene rings is 1. The SMILES string of the molecule is CCc1ccc(OCCC(=O)OC)c(C(C)(C)C)c1. The van der Waals surface area contributed by atoms with E-state index in [2.05, 4.69) is 44.6 Å². The van der Waals surface area contributed by atoms with E-state index in [-0.39, 0.29) is 17.8 Å². The molecule has 0 fully saturated rings. The van der Waals surface area contributed by atoms with E-state index in [0.717, 1.165) is 12.2 Å². The van der Waals surface area contributed by atoms with E-state index in [1.807, 2.05) is 6.07 Å². The average molecular weight is 264 g/mol. The Morgan fingerprint density at radius 3 is 2.47 bits per heavy atom. The Kier molecular flexibility index (Phi) is 5.40. The van der Waals surface area contributed by atoms with Gasteiger partial charge in [0.15, 0.2) is 0 Å². The summed E-state index contributed by atoms with van der Waals surface area (Å²) in [5, 5.41) is 0. The summed E-state index contributed by atoms with van der Waals surface area (Å²) >= 11 is 0. The van der Waals surface area contributed by atoms with Crippen LogP contribution in [-0.2, 0) is 21.4 Å². The maximum Gasteiger partial charge on any atom is 0.308 e. The van der Waals surface area contributed by atoms with Gasteiger partial charge in [-0.15, -0.1) is 0 Å². The number of methoxy groups -OCH3 is 1. The molecule has 0 heterocycles. The van der Waals surface area contributed by atoms with E-state index in [0.29, 0.717) is 6.61 Å². The van der Waals surface area contributed by atoms with Crippen LogP contribution in [0.5, 0.6) is 5.75 Å². The quantitative estimate of drug-likeness (QED) is 0.764. The molecule has 0 aliphatic heterocycles. The maximum atomic E-state index is 11.1. The van der Waals surface area contributed by atoms with Gasteiger partial charge in [0.1, 0.15) is 5.75 Å². The number of esters is 1. The van der Waals surface area contributed by atoms with Gasteiger partial charge < -0.3 is 9.47 Å². The minimum absolute atomic E-state index is 0.0196. The second-order valence-electron chi connectivity index (χ2n) is 5.61. The van der Waals surface area contributed by atoms with Crippen molar-refractivity contribution in [1.82, 2.24) is 0 Å². The normalized spacial score (nSPS) is 11.2. The molecule has 0 radical (unpaired) electrons. The van der Waals surface area contributed by atoms with Crippen LogP contribution in [0.3, 0.4) is 0 Å². The van der Waals surface area contributed by atoms with E-state index in [1.165, 1.54) is 18.2 Å². The van der Waals surface area contributed by atoms with E-state index in [9.17, 15) is 4.79 Å². The molecule has 3 nitrogen and oxygen atoms in total. The molecule has 0 saturated carbocycles. The highest BCUT2D eigenvalue weighted by atomic mass is 16.5. The van der Waals surface area contributed by atoms with Gasteiger partial charge in [-0.2, -0.15) is 0 Å². The van der Waals surface area contributed by atoms with Crippen LogP contribution in [0.25, 0.3) is 0 Å². The van der Waals surface area contributed by atoms with E-state index >= 15 is 0 Å². The fourth-order valence-corrected chi connectivity index (χ4v) is 1.86. The molecule has 1 rings (SSSR count). The number of rotatable bonds is 5. The van der Waals surface area contributed by atoms with Crippen LogP contribution in [0.15, 0.2) is 18.2 Å². The monoisotopic (exact) mass is 264 g/mol. The van der Waals surface area contributed by atoms with E-state index in [1.54, 1.807) is 0 Å². The van der Waals surface area contributed by atoms with Crippen LogP contribution in [0.2, 0.25) is 0 Å². The molecule has 0 amide bonds. The minimum atomic E-state index is -0.248. The molecule has 0 bridgehead atoms. The third kappa shape index (κ3) is 4.58. The summed E-state index contributed by atoms with van der Waals surface area (Å²) in [7, 11) is 1.39. The van der Waals surface area contributed by atoms with Crippen molar-refractivity contribution in [3.8, 4) is 5.75 Å². The Bertz CT molecular complexity index is 430. The highest BCUT2D eigenvalue weighted by molar-refractivity contribution is 5.69. The number of ether oxygens (including phenoxy) is 2. The first-order valence-electron chi connectivity index (χ1n) is 6.71. The minimum Gasteiger partial charge on any atom is -0.493 e. The molecule has 0 atom stereocenters. The zero-order valence-corrected chi connectivity index (χ0v) is 12.6. The van der Waals surface area contributed by atoms with E-state index in [4.69, 9.17) is 4.74 Å². The Hall–Kier alpha value is -1.51. The standard InChI is InChI=1S/C16H24O3/c1-6-12-7-8-14(13(11-12)16(2,3)4)19-10-9-15(17)18-5/h7-8,11H,6,9-10H2,1-5H3. The summed E-state index contributed by atoms with van der Waals surface area (Å²) in [5.74, 6) is 0.607. The number of hydrogen-bond donors (Lipinski definition) is 0. The highest BCUT2D eigenvalue weighted by Gasteiger charge is 2.19. The summed E-state index contributed by atoms with van der Waals surface area (Å²) in [4.78, 5) is 11.1. The molecular weight excluding hydrogens is 240 g/mol. The second-order valence-corrected chi connectivity index (χ2v) is 5.61. The van der Waals surface area contributed by atoms with Crippen molar-refractivity contribution in [2.45, 2.75) is 46.0 Å². The van der Waals surface area contributed by atoms with Crippen molar-refractivity contribution >= 4 is 5.97 Å². The first-order chi connectivity index (χ1) is 8.88. The lowest BCUT2D eigenvalue weighted by Crippen LogP contribution is -2.15. The van der Waals surface area contributed by atoms with Crippen molar-refractivity contribution in [2.24, 2.45) is 0 Å². The number of aryl methyl sites for hydroxylation is 1. The van der Waals surface area contributed by atoms with Gasteiger partial charge in [-0.05, 0) is 29.0 Å². The molecule has 0 aliphatic rings. The molecule has 1 aromatic carbocycles. The lowest BCUT2D eigenvalue weighted by molar-refractivity contribution is -0.141. The van der Waals surface area contributed by atoms with Crippen molar-refractivity contribution in [1.29, 1.82) is 0 Å². The summed E-state index contributed by atoms with van der Waals surface area (Å²) < 4.78 is 10.3. The fourth-order valence-electron chi connectivity index (χ4n) is 1.86. The Morgan fingerprint density at radius 2 is 1.95 bits per heavy atom. The van der Waals surface area contributed by atoms with Crippen LogP contribution in [-0.4, -0.2) is 19.7 Å². The lowest BCUT2D eigenvalue weighted by atomic mass is 9.85. The molecule has 19 heavy (non-hydrogen) atoms. The van der Waals surface area contributed by atoms with Crippen LogP contribution < -0.4 is 4.74 Å². The van der Waals surface area contributed by atoms with Gasteiger partial charge in [0.05, 0.1) is 20.1 Å². The number of carbonyl (C=O) groups excluding carboxylic acids is 1. The molecule has 106 valence electrons. The lowest BCUT2D eigenvalue weighted by Gasteiger charge is -2.23. The molecule has 0 aliphatic carbocycles. The van der Waals surface area contributed by atoms with Gasteiger partial charge >= 0.3 is 5.97 Å². The van der Waals surface area contributed by atoms with Crippen molar-refractivity contribution in [2.75, 3.05) is 13.7 Å². The molecule has 0 spiro atoms. The third-order valence-corrected chi connectivity index (χ3v) is 3.05. The van der Waals surface area contributed by atoms with Crippen LogP contribution in [0.1, 0.15) is 45.2 Å². The van der Waals surface area contributed by atoms with Crippen LogP contribution >= 0.6 is 0 Å². The Balaban J connectivity index is 2.85. The third-order valence-electron chi connectivity index (χ3n) is 3.05. The van der Waals surface area contributed by atoms with Gasteiger partial charge in [0.2, 0.25) is 0 Å². The van der Waals surface area contributed by atoms with Crippen molar-refractivity contribution in [3.63, 3.8) is 0 Å². The molecule has 0 aromatic heterocycles. The summed E-state index contributed by atoms with van der Waals surface area (Å²) in [5.41, 5.74) is 2.49. The highest BCUT2D eigenvalue weighted by Crippen LogP contribution is 2.32. The summed E-state index contributed by atoms with van der Waals surface area (Å²) in [6, 6.07) is 6.26. The maximum absolute atomic E-state index is 11.1. The molecule has 3 heteroatoms. The smallest absolute Gasteiger partial charge is 0.308 e. The molecule has 0 unspecified atom stereocenters. The van der Waals surface area contributed by atoms with Gasteiger partial charge in [0, 0.05) is 0 Å². The van der Waals surface area contributed by atoms with Gasteiger partial charge in [-0.25, -0.2) is 0 Å². The van der Waals surface area contributed by atoms with Crippen molar-refractivity contribution in [3.05, 3.63) is 29.3 Å². The van der Waals surface area contributed by atoms with Crippen LogP contribution in [0, 0.1) is 0 Å². The molecule has 0 saturated heterocycles. The van der Waals surface area contributed by atoms with E-state index < -0.39 is 0 Å². The topological polar surface area (TPSA) is 35.5 Å². The largest absolute Gasteiger partial charge is 0.493 e. The van der Waals surface area contributed by atoms with Crippen LogP contribution in [0.4, 0.5) is 0 Å². The number of hydrogen-bond acceptors (Lipinski definition) is 3. The molecule has 1 aromatic rings. The predicted octanol–water partition coefficient (Wildman–Crippen LogP) is 3.49. The van der Waals surface area contributed by atoms with Gasteiger partial charge in [-0.3, -0.25) is 4.79 Å². The average Bonchev–Trinajstić information content (AvgIpc) is 2.37. The Morgan fingerprint density at radius 1 is 1.26 bits per heavy atom. The summed E-state index contributed by atoms with van der Waals surface area (Å²) in [6.07, 6.45) is 1.28. The zero-order valence-electron chi connectivity index (χ0n) is 12.6. The molecule has 0 N–H and O–H groups in total. The number of carbonyl (C=O) groups is 1. The van der Waals surface area contributed by atoms with Gasteiger partial charge in [-0.1, -0.05) is 39.8 Å². The molecular formula is C16H24O3.